The topological polar surface area (TPSA) is 57.6 Å². The number of rotatable bonds is 6. The summed E-state index contributed by atoms with van der Waals surface area (Å²) in [4.78, 5) is 24.8. The highest BCUT2D eigenvalue weighted by atomic mass is 32.2. The lowest BCUT2D eigenvalue weighted by molar-refractivity contribution is -0.149. The van der Waals surface area contributed by atoms with Crippen molar-refractivity contribution in [2.75, 3.05) is 5.75 Å². The van der Waals surface area contributed by atoms with Crippen LogP contribution >= 0.6 is 11.8 Å². The first-order chi connectivity index (χ1) is 8.11. The minimum atomic E-state index is -0.874. The molecule has 1 saturated heterocycles. The standard InChI is InChI=1S/C12H21NO3S/c1-3-5-7-10(14)13-9(12(15)16)8-17-11(13)6-4-2/h9,11H,3-8H2,1-2H3,(H,15,16). The second kappa shape index (κ2) is 6.89. The number of thioether (sulfide) groups is 1. The Morgan fingerprint density at radius 1 is 1.35 bits per heavy atom. The number of unbranched alkanes of at least 4 members (excludes halogenated alkanes) is 1. The number of carboxylic acid groups (broad SMARTS) is 1. The van der Waals surface area contributed by atoms with Crippen molar-refractivity contribution < 1.29 is 14.7 Å². The quantitative estimate of drug-likeness (QED) is 0.795. The number of nitrogens with zero attached hydrogens (tertiary/aromatic N) is 1. The van der Waals surface area contributed by atoms with Gasteiger partial charge in [-0.15, -0.1) is 11.8 Å². The first-order valence-corrected chi connectivity index (χ1v) is 7.32. The molecule has 1 fully saturated rings. The molecule has 0 aliphatic carbocycles. The number of aliphatic carboxylic acids is 1. The molecular weight excluding hydrogens is 238 g/mol. The Labute approximate surface area is 107 Å². The van der Waals surface area contributed by atoms with Crippen LogP contribution in [0.15, 0.2) is 0 Å². The second-order valence-electron chi connectivity index (χ2n) is 4.34. The van der Waals surface area contributed by atoms with Gasteiger partial charge in [0.15, 0.2) is 0 Å². The molecule has 1 amide bonds. The average molecular weight is 259 g/mol. The van der Waals surface area contributed by atoms with Crippen molar-refractivity contribution in [1.29, 1.82) is 0 Å². The molecule has 98 valence electrons. The van der Waals surface area contributed by atoms with Crippen LogP contribution < -0.4 is 0 Å². The molecule has 1 aliphatic heterocycles. The van der Waals surface area contributed by atoms with Crippen LogP contribution in [-0.4, -0.2) is 39.1 Å². The maximum atomic E-state index is 12.1. The van der Waals surface area contributed by atoms with Crippen molar-refractivity contribution >= 4 is 23.6 Å². The Hall–Kier alpha value is -0.710. The van der Waals surface area contributed by atoms with Crippen molar-refractivity contribution in [3.63, 3.8) is 0 Å². The van der Waals surface area contributed by atoms with Crippen LogP contribution in [0.25, 0.3) is 0 Å². The number of hydrogen-bond acceptors (Lipinski definition) is 3. The summed E-state index contributed by atoms with van der Waals surface area (Å²) in [6.07, 6.45) is 4.13. The van der Waals surface area contributed by atoms with Gasteiger partial charge in [-0.25, -0.2) is 4.79 Å². The lowest BCUT2D eigenvalue weighted by Crippen LogP contribution is -2.45. The average Bonchev–Trinajstić information content (AvgIpc) is 2.70. The lowest BCUT2D eigenvalue weighted by Gasteiger charge is -2.27. The van der Waals surface area contributed by atoms with Gasteiger partial charge in [-0.1, -0.05) is 26.7 Å². The Morgan fingerprint density at radius 3 is 2.59 bits per heavy atom. The van der Waals surface area contributed by atoms with Gasteiger partial charge < -0.3 is 10.0 Å². The molecule has 4 nitrogen and oxygen atoms in total. The van der Waals surface area contributed by atoms with Gasteiger partial charge in [0.05, 0.1) is 5.37 Å². The van der Waals surface area contributed by atoms with Crippen LogP contribution in [-0.2, 0) is 9.59 Å². The fraction of sp³-hybridized carbons (Fsp3) is 0.833. The fourth-order valence-electron chi connectivity index (χ4n) is 2.01. The first-order valence-electron chi connectivity index (χ1n) is 6.27. The van der Waals surface area contributed by atoms with Gasteiger partial charge in [-0.3, -0.25) is 4.79 Å². The van der Waals surface area contributed by atoms with E-state index >= 15 is 0 Å². The molecule has 1 rings (SSSR count). The molecule has 2 atom stereocenters. The van der Waals surface area contributed by atoms with Crippen LogP contribution in [0.4, 0.5) is 0 Å². The van der Waals surface area contributed by atoms with Gasteiger partial charge in [0.2, 0.25) is 5.91 Å². The summed E-state index contributed by atoms with van der Waals surface area (Å²) in [5.74, 6) is -0.346. The highest BCUT2D eigenvalue weighted by Gasteiger charge is 2.40. The maximum absolute atomic E-state index is 12.1. The molecule has 0 aromatic carbocycles. The minimum Gasteiger partial charge on any atom is -0.480 e. The van der Waals surface area contributed by atoms with Crippen molar-refractivity contribution in [3.8, 4) is 0 Å². The fourth-order valence-corrected chi connectivity index (χ4v) is 3.55. The zero-order chi connectivity index (χ0) is 12.8. The highest BCUT2D eigenvalue weighted by Crippen LogP contribution is 2.33. The highest BCUT2D eigenvalue weighted by molar-refractivity contribution is 8.00. The van der Waals surface area contributed by atoms with E-state index in [4.69, 9.17) is 5.11 Å². The molecular formula is C12H21NO3S. The van der Waals surface area contributed by atoms with E-state index in [1.54, 1.807) is 16.7 Å². The van der Waals surface area contributed by atoms with Gasteiger partial charge in [0.1, 0.15) is 6.04 Å². The van der Waals surface area contributed by atoms with Crippen LogP contribution in [0.1, 0.15) is 46.0 Å². The Morgan fingerprint density at radius 2 is 2.06 bits per heavy atom. The van der Waals surface area contributed by atoms with Crippen molar-refractivity contribution in [3.05, 3.63) is 0 Å². The molecule has 0 bridgehead atoms. The first kappa shape index (κ1) is 14.4. The van der Waals surface area contributed by atoms with Crippen molar-refractivity contribution in [2.45, 2.75) is 57.4 Å². The van der Waals surface area contributed by atoms with Crippen LogP contribution in [0.5, 0.6) is 0 Å². The SMILES string of the molecule is CCCCC(=O)N1C(CCC)SCC1C(=O)O. The summed E-state index contributed by atoms with van der Waals surface area (Å²) in [7, 11) is 0. The van der Waals surface area contributed by atoms with Crippen molar-refractivity contribution in [1.82, 2.24) is 4.90 Å². The molecule has 0 aromatic heterocycles. The van der Waals surface area contributed by atoms with E-state index in [1.807, 2.05) is 6.92 Å². The summed E-state index contributed by atoms with van der Waals surface area (Å²) < 4.78 is 0. The molecule has 1 heterocycles. The smallest absolute Gasteiger partial charge is 0.327 e. The molecule has 2 unspecified atom stereocenters. The predicted octanol–water partition coefficient (Wildman–Crippen LogP) is 2.33. The van der Waals surface area contributed by atoms with E-state index in [9.17, 15) is 9.59 Å². The van der Waals surface area contributed by atoms with Gasteiger partial charge in [0, 0.05) is 12.2 Å². The van der Waals surface area contributed by atoms with Crippen LogP contribution in [0.3, 0.4) is 0 Å². The third-order valence-corrected chi connectivity index (χ3v) is 4.30. The predicted molar refractivity (Wildman–Crippen MR) is 68.9 cm³/mol. The van der Waals surface area contributed by atoms with Crippen LogP contribution in [0.2, 0.25) is 0 Å². The third-order valence-electron chi connectivity index (χ3n) is 2.95. The molecule has 0 spiro atoms. The van der Waals surface area contributed by atoms with E-state index in [0.717, 1.165) is 25.7 Å². The molecule has 0 aromatic rings. The van der Waals surface area contributed by atoms with Gasteiger partial charge in [0.25, 0.3) is 0 Å². The molecule has 0 radical (unpaired) electrons. The second-order valence-corrected chi connectivity index (χ2v) is 5.55. The monoisotopic (exact) mass is 259 g/mol. The number of carbonyl (C=O) groups is 2. The summed E-state index contributed by atoms with van der Waals surface area (Å²) >= 11 is 1.60. The van der Waals surface area contributed by atoms with E-state index in [1.165, 1.54) is 0 Å². The maximum Gasteiger partial charge on any atom is 0.327 e. The van der Waals surface area contributed by atoms with Gasteiger partial charge >= 0.3 is 5.97 Å². The van der Waals surface area contributed by atoms with E-state index in [-0.39, 0.29) is 11.3 Å². The summed E-state index contributed by atoms with van der Waals surface area (Å²) in [6.45, 7) is 4.09. The largest absolute Gasteiger partial charge is 0.480 e. The number of amides is 1. The van der Waals surface area contributed by atoms with Gasteiger partial charge in [-0.2, -0.15) is 0 Å². The van der Waals surface area contributed by atoms with Crippen molar-refractivity contribution in [2.24, 2.45) is 0 Å². The summed E-state index contributed by atoms with van der Waals surface area (Å²) in [5, 5.41) is 9.20. The van der Waals surface area contributed by atoms with E-state index in [0.29, 0.717) is 12.2 Å². The Bertz CT molecular complexity index is 283. The van der Waals surface area contributed by atoms with Crippen LogP contribution in [0, 0.1) is 0 Å². The molecule has 1 aliphatic rings. The van der Waals surface area contributed by atoms with E-state index in [2.05, 4.69) is 6.92 Å². The summed E-state index contributed by atoms with van der Waals surface area (Å²) in [6, 6.07) is -0.624. The number of hydrogen-bond donors (Lipinski definition) is 1. The summed E-state index contributed by atoms with van der Waals surface area (Å²) in [5.41, 5.74) is 0. The van der Waals surface area contributed by atoms with E-state index < -0.39 is 12.0 Å². The molecule has 0 saturated carbocycles. The number of carboxylic acids is 1. The molecule has 1 N–H and O–H groups in total. The normalized spacial score (nSPS) is 24.0. The zero-order valence-corrected chi connectivity index (χ0v) is 11.3. The minimum absolute atomic E-state index is 0.00250. The Balaban J connectivity index is 2.70. The Kier molecular flexibility index (Phi) is 5.82. The molecule has 17 heavy (non-hydrogen) atoms. The molecule has 5 heteroatoms. The number of carbonyl (C=O) groups excluding carboxylic acids is 1. The third kappa shape index (κ3) is 3.63. The van der Waals surface area contributed by atoms with Gasteiger partial charge in [-0.05, 0) is 12.8 Å². The lowest BCUT2D eigenvalue weighted by atomic mass is 10.2. The zero-order valence-electron chi connectivity index (χ0n) is 10.5.